The molecular formula is C30H73Ar4Co4N24O6+3. The molecule has 0 aliphatic heterocycles. The Morgan fingerprint density at radius 2 is 0.750 bits per heavy atom. The molecule has 0 aromatic rings. The molecular weight excluding hydrogens is 1190 g/mol. The molecule has 414 valence electrons. The molecule has 8 bridgehead atoms. The first-order chi connectivity index (χ1) is 27.9. The van der Waals surface area contributed by atoms with Gasteiger partial charge in [0.05, 0.1) is 0 Å². The van der Waals surface area contributed by atoms with Crippen LogP contribution in [0.15, 0.2) is 5.11 Å². The van der Waals surface area contributed by atoms with Crippen molar-refractivity contribution in [1.29, 1.82) is 60.6 Å². The van der Waals surface area contributed by atoms with Crippen molar-refractivity contribution in [1.82, 2.24) is 16.0 Å². The second kappa shape index (κ2) is 88.2. The SMILES string of the molecule is C#[N+]C12CC3CC(CC(C3)C1)C2.C[N+](C)=N.C[N+](C)=N.C[N+](C)=N.N.N#N.N=O.N=[N+]=N.N=[N+]=NC12CC3CC(CC(C3)C1)C2.O=O.OCO.[Ar].[Ar].[Ar].[Ar].[Co+2].[Co].[Co].[Co].[N-]=N.[N-]=N.[NH-]CO.[NH-]C[NH-]. The molecule has 0 spiro atoms. The monoisotopic (exact) mass is 1260 g/mol. The fourth-order valence-corrected chi connectivity index (χ4v) is 8.52. The van der Waals surface area contributed by atoms with Gasteiger partial charge in [-0.2, -0.15) is 4.91 Å². The van der Waals surface area contributed by atoms with Gasteiger partial charge in [-0.25, -0.2) is 0 Å². The molecule has 0 atom stereocenters. The molecule has 0 heterocycles. The van der Waals surface area contributed by atoms with Crippen LogP contribution in [0, 0.1) is 268 Å². The zero-order chi connectivity index (χ0) is 48.6. The molecule has 4 radical (unpaired) electrons. The number of hydrogen-bond acceptors (Lipinski definition) is 19. The second-order valence-electron chi connectivity index (χ2n) is 13.9. The molecule has 0 aromatic heterocycles. The molecule has 68 heavy (non-hydrogen) atoms. The maximum Gasteiger partial charge on any atom is 2.00 e. The average Bonchev–Trinajstić information content (AvgIpc) is 3.16. The summed E-state index contributed by atoms with van der Waals surface area (Å²) in [6, 6.07) is 0. The number of nitroso groups, excluding NO2 is 1. The van der Waals surface area contributed by atoms with E-state index in [9.17, 15) is 0 Å². The first-order valence-corrected chi connectivity index (χ1v) is 17.4. The molecule has 0 saturated heterocycles. The van der Waals surface area contributed by atoms with Crippen molar-refractivity contribution in [2.24, 2.45) is 40.6 Å². The number of aliphatic hydroxyl groups excluding tert-OH is 2. The Kier molecular flexibility index (Phi) is 153. The van der Waals surface area contributed by atoms with Crippen LogP contribution < -0.4 is 16.0 Å². The van der Waals surface area contributed by atoms with E-state index in [0.717, 1.165) is 35.5 Å². The van der Waals surface area contributed by atoms with Crippen LogP contribution in [-0.2, 0) is 67.1 Å². The fraction of sp³-hybridized carbons (Fsp3) is 0.967. The van der Waals surface area contributed by atoms with Gasteiger partial charge < -0.3 is 60.8 Å². The largest absolute Gasteiger partial charge is 2.00 e. The van der Waals surface area contributed by atoms with Crippen molar-refractivity contribution >= 4 is 0 Å². The average molecular weight is 1260 g/mol. The maximum atomic E-state index is 7.50. The van der Waals surface area contributed by atoms with Crippen molar-refractivity contribution in [2.75, 3.05) is 62.5 Å². The van der Waals surface area contributed by atoms with E-state index in [1.54, 1.807) is 42.3 Å². The Hall–Kier alpha value is 1.51. The van der Waals surface area contributed by atoms with Crippen LogP contribution in [0.5, 0.6) is 0 Å². The minimum atomic E-state index is -0.750. The third kappa shape index (κ3) is 76.4. The van der Waals surface area contributed by atoms with Crippen molar-refractivity contribution in [3.63, 3.8) is 0 Å². The summed E-state index contributed by atoms with van der Waals surface area (Å²) in [5, 5.41) is 37.7. The van der Waals surface area contributed by atoms with Gasteiger partial charge in [0.2, 0.25) is 9.82 Å². The molecule has 8 fully saturated rings. The van der Waals surface area contributed by atoms with Gasteiger partial charge in [-0.3, -0.25) is 6.67 Å². The molecule has 38 heteroatoms. The van der Waals surface area contributed by atoms with E-state index in [0.29, 0.717) is 0 Å². The van der Waals surface area contributed by atoms with Crippen LogP contribution in [0.2, 0.25) is 0 Å². The topological polar surface area (TPSA) is 579 Å². The Labute approximate surface area is 561 Å². The Balaban J connectivity index is -0.0000000293. The third-order valence-electron chi connectivity index (χ3n) is 8.55. The Morgan fingerprint density at radius 1 is 0.618 bits per heavy atom. The van der Waals surface area contributed by atoms with Crippen LogP contribution in [0.25, 0.3) is 33.1 Å². The molecule has 0 aromatic carbocycles. The van der Waals surface area contributed by atoms with Crippen LogP contribution in [0.3, 0.4) is 0 Å². The molecule has 0 unspecified atom stereocenters. The van der Waals surface area contributed by atoms with Gasteiger partial charge >= 0.3 is 16.8 Å². The van der Waals surface area contributed by atoms with Crippen LogP contribution in [-0.4, -0.2) is 103 Å². The summed E-state index contributed by atoms with van der Waals surface area (Å²) in [6.07, 6.45) is 16.3. The van der Waals surface area contributed by atoms with Gasteiger partial charge in [0, 0.05) is 241 Å². The smallest absolute Gasteiger partial charge is 0.715 e. The van der Waals surface area contributed by atoms with Gasteiger partial charge in [0.1, 0.15) is 34.0 Å². The molecule has 8 saturated carbocycles. The number of rotatable bonds is 1. The minimum absolute atomic E-state index is 0. The normalized spacial score (nSPS) is 22.0. The third-order valence-corrected chi connectivity index (χ3v) is 8.55. The maximum absolute atomic E-state index is 7.50. The minimum Gasteiger partial charge on any atom is -0.715 e. The summed E-state index contributed by atoms with van der Waals surface area (Å²) >= 11 is 0. The molecule has 8 aliphatic rings. The van der Waals surface area contributed by atoms with E-state index in [2.05, 4.69) is 20.5 Å². The Morgan fingerprint density at radius 3 is 0.868 bits per heavy atom. The molecule has 8 aliphatic carbocycles. The van der Waals surface area contributed by atoms with Gasteiger partial charge in [-0.1, -0.05) is 27.0 Å². The van der Waals surface area contributed by atoms with E-state index in [1.807, 2.05) is 4.91 Å². The number of hydrogen-bond donors (Lipinski definition) is 13. The molecule has 18 N–H and O–H groups in total. The summed E-state index contributed by atoms with van der Waals surface area (Å²) in [5.41, 5.74) is 81.5. The van der Waals surface area contributed by atoms with Crippen molar-refractivity contribution in [2.45, 2.75) is 88.1 Å². The predicted molar refractivity (Wildman–Crippen MR) is 217 cm³/mol. The van der Waals surface area contributed by atoms with E-state index in [-0.39, 0.29) is 242 Å². The number of aliphatic hydroxyl groups is 3. The number of nitrogens with zero attached hydrogens (tertiary/aromatic N) is 11. The van der Waals surface area contributed by atoms with Gasteiger partial charge in [-0.15, -0.1) is 14.1 Å². The molecule has 8 rings (SSSR count). The fourth-order valence-electron chi connectivity index (χ4n) is 8.52. The van der Waals surface area contributed by atoms with Crippen LogP contribution >= 0.6 is 0 Å². The summed E-state index contributed by atoms with van der Waals surface area (Å²) in [5.74, 6) is 5.67. The van der Waals surface area contributed by atoms with E-state index < -0.39 is 13.5 Å². The van der Waals surface area contributed by atoms with Crippen molar-refractivity contribution < 1.29 is 247 Å². The summed E-state index contributed by atoms with van der Waals surface area (Å²) in [7, 11) is 10.0. The predicted octanol–water partition coefficient (Wildman–Crippen LogP) is 8.13. The molecule has 0 amide bonds. The Bertz CT molecular complexity index is 1120. The second-order valence-corrected chi connectivity index (χ2v) is 13.9. The van der Waals surface area contributed by atoms with E-state index in [4.69, 9.17) is 120 Å². The summed E-state index contributed by atoms with van der Waals surface area (Å²) < 4.78 is 3.75. The standard InChI is InChI=1S/C11H16N.C10H16N3.3C2H7N2.CH4N2.CH4NO.CH4O2.4Ar.4Co.H2N3.2HN2.N2.HNO.H3N.O2/c1-12-11-5-8-2-9(6-11)4-10(3-8)7-11;11-13-12-10-4-7-1-8(5-10)3-9(2-7)6-10;3*1-4(2)3;3*2-1-3;;;;;;;;;1-3-2;4*1-2;;1-2/h1,8-10H,2-7H2;7-9,11H,1-6H2;3*3H,1-2H3;3*2-3H,1H2;;;;;;;;;1-2H;2*1H;;1H;1H3;/q5*+1;-2;-1;;;;;;;;;+2;+1;2*-1;;;;. The number of nitrogens with one attached hydrogen (secondary N) is 12. The summed E-state index contributed by atoms with van der Waals surface area (Å²) in [4.78, 5) is 31.0. The van der Waals surface area contributed by atoms with Gasteiger partial charge in [-0.05, 0) is 100 Å². The van der Waals surface area contributed by atoms with E-state index >= 15 is 0 Å². The van der Waals surface area contributed by atoms with Gasteiger partial charge in [0.15, 0.2) is 42.3 Å². The zero-order valence-electron chi connectivity index (χ0n) is 38.6. The summed E-state index contributed by atoms with van der Waals surface area (Å²) in [6.45, 7) is 4.05. The zero-order valence-corrected chi connectivity index (χ0v) is 45.6. The molecule has 30 nitrogen and oxygen atoms in total. The van der Waals surface area contributed by atoms with Crippen LogP contribution in [0.1, 0.15) is 77.0 Å². The van der Waals surface area contributed by atoms with Crippen LogP contribution in [0.4, 0.5) is 0 Å². The van der Waals surface area contributed by atoms with E-state index in [1.165, 1.54) is 91.1 Å². The van der Waals surface area contributed by atoms with Crippen molar-refractivity contribution in [3.05, 3.63) is 47.9 Å². The quantitative estimate of drug-likeness (QED) is 0.0300. The first kappa shape index (κ1) is 118. The van der Waals surface area contributed by atoms with Crippen molar-refractivity contribution in [3.8, 4) is 6.57 Å². The van der Waals surface area contributed by atoms with Gasteiger partial charge in [0.25, 0.3) is 12.1 Å². The first-order valence-electron chi connectivity index (χ1n) is 17.4.